The van der Waals surface area contributed by atoms with E-state index in [4.69, 9.17) is 9.90 Å². The average molecular weight is 485 g/mol. The number of carbonyl (C=O) groups is 1. The maximum absolute atomic E-state index is 10.6. The van der Waals surface area contributed by atoms with Gasteiger partial charge in [0.25, 0.3) is 0 Å². The number of hydrogen-bond acceptors (Lipinski definition) is 7. The van der Waals surface area contributed by atoms with Gasteiger partial charge in [-0.3, -0.25) is 0 Å². The quantitative estimate of drug-likeness (QED) is 0.424. The highest BCUT2D eigenvalue weighted by atomic mass is 32.2. The number of fused-ring (bicyclic) bond motifs is 1. The van der Waals surface area contributed by atoms with Gasteiger partial charge in [0.1, 0.15) is 11.6 Å². The predicted octanol–water partition coefficient (Wildman–Crippen LogP) is 5.17. The first-order valence-corrected chi connectivity index (χ1v) is 10.7. The number of rotatable bonds is 5. The van der Waals surface area contributed by atoms with E-state index in [9.17, 15) is 18.4 Å². The monoisotopic (exact) mass is 485 g/mol. The van der Waals surface area contributed by atoms with E-state index >= 15 is 0 Å². The maximum Gasteiger partial charge on any atom is 0.490 e. The Bertz CT molecular complexity index is 1200. The molecule has 11 heteroatoms. The second-order valence-electron chi connectivity index (χ2n) is 6.77. The van der Waals surface area contributed by atoms with Crippen molar-refractivity contribution in [2.75, 3.05) is 17.2 Å². The van der Waals surface area contributed by atoms with Crippen LogP contribution in [0.1, 0.15) is 11.3 Å². The fourth-order valence-electron chi connectivity index (χ4n) is 2.80. The number of halogens is 3. The number of nitrogens with one attached hydrogen (secondary N) is 2. The number of aliphatic carboxylic acids is 1. The minimum atomic E-state index is -5.08. The standard InChI is InChI=1S/C21H17N5S.C2HF3O2/c22-14-16(20-25-18-8-4-5-9-19(18)27-20)17-11-13-24-21(26-17)23-12-10-15-6-2-1-3-7-15;3-2(4,5)1(6)7/h1-9,11,13,25H,10,12H2,(H,23,24,26);(H,6,7)/b20-16+;. The van der Waals surface area contributed by atoms with E-state index in [0.717, 1.165) is 28.6 Å². The van der Waals surface area contributed by atoms with Gasteiger partial charge in [-0.2, -0.15) is 18.4 Å². The molecule has 3 aromatic rings. The molecular weight excluding hydrogens is 467 g/mol. The first kappa shape index (κ1) is 24.6. The Kier molecular flexibility index (Phi) is 8.10. The number of benzene rings is 2. The van der Waals surface area contributed by atoms with E-state index in [0.29, 0.717) is 17.2 Å². The van der Waals surface area contributed by atoms with Gasteiger partial charge < -0.3 is 15.7 Å². The Morgan fingerprint density at radius 2 is 1.79 bits per heavy atom. The summed E-state index contributed by atoms with van der Waals surface area (Å²) in [4.78, 5) is 18.8. The van der Waals surface area contributed by atoms with E-state index in [-0.39, 0.29) is 0 Å². The molecule has 0 atom stereocenters. The molecule has 34 heavy (non-hydrogen) atoms. The number of aromatic nitrogens is 2. The zero-order valence-corrected chi connectivity index (χ0v) is 18.3. The Morgan fingerprint density at radius 3 is 2.44 bits per heavy atom. The van der Waals surface area contributed by atoms with Crippen molar-refractivity contribution in [2.45, 2.75) is 17.5 Å². The van der Waals surface area contributed by atoms with Gasteiger partial charge in [0.15, 0.2) is 0 Å². The number of carboxylic acids is 1. The van der Waals surface area contributed by atoms with Crippen molar-refractivity contribution in [3.8, 4) is 6.07 Å². The van der Waals surface area contributed by atoms with Crippen LogP contribution in [0.15, 0.2) is 76.8 Å². The Labute approximate surface area is 197 Å². The molecule has 0 saturated heterocycles. The van der Waals surface area contributed by atoms with Gasteiger partial charge in [0.05, 0.1) is 16.4 Å². The van der Waals surface area contributed by atoms with Crippen LogP contribution >= 0.6 is 11.8 Å². The van der Waals surface area contributed by atoms with Gasteiger partial charge in [-0.15, -0.1) is 0 Å². The average Bonchev–Trinajstić information content (AvgIpc) is 3.24. The van der Waals surface area contributed by atoms with Crippen molar-refractivity contribution < 1.29 is 23.1 Å². The summed E-state index contributed by atoms with van der Waals surface area (Å²) >= 11 is 1.55. The highest BCUT2D eigenvalue weighted by Crippen LogP contribution is 2.43. The molecule has 0 unspecified atom stereocenters. The molecular formula is C23H18F3N5O2S. The number of nitriles is 1. The smallest absolute Gasteiger partial charge is 0.475 e. The van der Waals surface area contributed by atoms with Gasteiger partial charge in [0.2, 0.25) is 5.95 Å². The van der Waals surface area contributed by atoms with Crippen molar-refractivity contribution in [2.24, 2.45) is 0 Å². The van der Waals surface area contributed by atoms with E-state index < -0.39 is 12.1 Å². The lowest BCUT2D eigenvalue weighted by atomic mass is 10.1. The molecule has 1 aliphatic rings. The molecule has 3 N–H and O–H groups in total. The number of carboxylic acid groups (broad SMARTS) is 1. The number of para-hydroxylation sites is 1. The fraction of sp³-hybridized carbons (Fsp3) is 0.130. The van der Waals surface area contributed by atoms with Crippen LogP contribution in [0.4, 0.5) is 24.8 Å². The topological polar surface area (TPSA) is 111 Å². The minimum Gasteiger partial charge on any atom is -0.475 e. The van der Waals surface area contributed by atoms with Crippen LogP contribution in [0.5, 0.6) is 0 Å². The highest BCUT2D eigenvalue weighted by Gasteiger charge is 2.38. The van der Waals surface area contributed by atoms with E-state index in [1.54, 1.807) is 24.0 Å². The van der Waals surface area contributed by atoms with Gasteiger partial charge in [-0.1, -0.05) is 54.2 Å². The molecule has 0 amide bonds. The van der Waals surface area contributed by atoms with Gasteiger partial charge in [-0.25, -0.2) is 14.8 Å². The third-order valence-electron chi connectivity index (χ3n) is 4.38. The van der Waals surface area contributed by atoms with Crippen LogP contribution < -0.4 is 10.6 Å². The van der Waals surface area contributed by atoms with E-state index in [1.165, 1.54) is 5.56 Å². The summed E-state index contributed by atoms with van der Waals surface area (Å²) < 4.78 is 31.7. The van der Waals surface area contributed by atoms with Crippen molar-refractivity contribution in [1.29, 1.82) is 5.26 Å². The second-order valence-corrected chi connectivity index (χ2v) is 7.82. The summed E-state index contributed by atoms with van der Waals surface area (Å²) in [5, 5.41) is 24.2. The van der Waals surface area contributed by atoms with E-state index in [1.807, 2.05) is 42.5 Å². The lowest BCUT2D eigenvalue weighted by Gasteiger charge is -2.07. The van der Waals surface area contributed by atoms with Crippen LogP contribution in [0.2, 0.25) is 0 Å². The number of anilines is 2. The van der Waals surface area contributed by atoms with E-state index in [2.05, 4.69) is 38.8 Å². The first-order chi connectivity index (χ1) is 16.3. The molecule has 1 aliphatic heterocycles. The third-order valence-corrected chi connectivity index (χ3v) is 5.47. The molecule has 0 aliphatic carbocycles. The maximum atomic E-state index is 10.6. The first-order valence-electron chi connectivity index (χ1n) is 9.87. The minimum absolute atomic E-state index is 0.518. The molecule has 2 heterocycles. The predicted molar refractivity (Wildman–Crippen MR) is 123 cm³/mol. The summed E-state index contributed by atoms with van der Waals surface area (Å²) in [5.74, 6) is -2.23. The van der Waals surface area contributed by atoms with Crippen molar-refractivity contribution >= 4 is 34.9 Å². The van der Waals surface area contributed by atoms with Crippen molar-refractivity contribution in [1.82, 2.24) is 9.97 Å². The second kappa shape index (κ2) is 11.2. The van der Waals surface area contributed by atoms with Crippen LogP contribution in [0.25, 0.3) is 5.57 Å². The molecule has 0 fully saturated rings. The summed E-state index contributed by atoms with van der Waals surface area (Å²) in [6.07, 6.45) is -2.52. The molecule has 2 aromatic carbocycles. The number of allylic oxidation sites excluding steroid dienone is 1. The summed E-state index contributed by atoms with van der Waals surface area (Å²) in [7, 11) is 0. The zero-order valence-electron chi connectivity index (χ0n) is 17.5. The van der Waals surface area contributed by atoms with Gasteiger partial charge in [-0.05, 0) is 30.2 Å². The Morgan fingerprint density at radius 1 is 1.12 bits per heavy atom. The normalized spacial score (nSPS) is 13.5. The molecule has 174 valence electrons. The lowest BCUT2D eigenvalue weighted by Crippen LogP contribution is -2.21. The molecule has 0 bridgehead atoms. The van der Waals surface area contributed by atoms with Crippen molar-refractivity contribution in [3.63, 3.8) is 0 Å². The lowest BCUT2D eigenvalue weighted by molar-refractivity contribution is -0.192. The molecule has 1 aromatic heterocycles. The molecule has 0 spiro atoms. The van der Waals surface area contributed by atoms with Gasteiger partial charge in [0, 0.05) is 17.6 Å². The van der Waals surface area contributed by atoms with Crippen molar-refractivity contribution in [3.05, 3.63) is 83.1 Å². The fourth-order valence-corrected chi connectivity index (χ4v) is 3.81. The zero-order chi connectivity index (χ0) is 24.6. The van der Waals surface area contributed by atoms with Gasteiger partial charge >= 0.3 is 12.1 Å². The van der Waals surface area contributed by atoms with Crippen LogP contribution in [0, 0.1) is 11.3 Å². The molecule has 0 saturated carbocycles. The molecule has 4 rings (SSSR count). The summed E-state index contributed by atoms with van der Waals surface area (Å²) in [5.41, 5.74) is 3.40. The number of thioether (sulfide) groups is 1. The number of alkyl halides is 3. The van der Waals surface area contributed by atoms with Crippen LogP contribution in [0.3, 0.4) is 0 Å². The largest absolute Gasteiger partial charge is 0.490 e. The Hall–Kier alpha value is -4.04. The summed E-state index contributed by atoms with van der Waals surface area (Å²) in [6.45, 7) is 0.727. The number of nitrogens with zero attached hydrogens (tertiary/aromatic N) is 3. The van der Waals surface area contributed by atoms with Crippen LogP contribution in [-0.2, 0) is 11.2 Å². The Balaban J connectivity index is 0.000000406. The molecule has 0 radical (unpaired) electrons. The highest BCUT2D eigenvalue weighted by molar-refractivity contribution is 8.04. The third kappa shape index (κ3) is 6.73. The number of hydrogen-bond donors (Lipinski definition) is 3. The SMILES string of the molecule is N#C/C(=C1/Nc2ccccc2S1)c1ccnc(NCCc2ccccc2)n1.O=C(O)C(F)(F)F. The molecule has 7 nitrogen and oxygen atoms in total. The summed E-state index contributed by atoms with van der Waals surface area (Å²) in [6, 6.07) is 22.3. The van der Waals surface area contributed by atoms with Crippen LogP contribution in [-0.4, -0.2) is 33.8 Å².